The molecule has 0 fully saturated rings. The van der Waals surface area contributed by atoms with E-state index in [1.165, 1.54) is 0 Å². The Morgan fingerprint density at radius 1 is 1.04 bits per heavy atom. The Balaban J connectivity index is 2.02. The highest BCUT2D eigenvalue weighted by molar-refractivity contribution is 5.98. The Labute approximate surface area is 165 Å². The predicted molar refractivity (Wildman–Crippen MR) is 107 cm³/mol. The minimum Gasteiger partial charge on any atom is -0.490 e. The minimum atomic E-state index is -0.498. The number of nitrogens with zero attached hydrogens (tertiary/aromatic N) is 1. The van der Waals surface area contributed by atoms with Crippen molar-refractivity contribution in [3.8, 4) is 17.6 Å². The molecule has 0 saturated carbocycles. The second-order valence-electron chi connectivity index (χ2n) is 7.20. The van der Waals surface area contributed by atoms with Crippen molar-refractivity contribution in [2.45, 2.75) is 27.7 Å². The topological polar surface area (TPSA) is 88.4 Å². The zero-order valence-electron chi connectivity index (χ0n) is 16.5. The van der Waals surface area contributed by atoms with E-state index in [1.54, 1.807) is 42.5 Å². The van der Waals surface area contributed by atoms with Gasteiger partial charge >= 0.3 is 0 Å². The molecule has 0 saturated heterocycles. The summed E-state index contributed by atoms with van der Waals surface area (Å²) in [5.74, 6) is 0.525. The molecule has 0 aliphatic heterocycles. The number of anilines is 1. The lowest BCUT2D eigenvalue weighted by atomic mass is 9.95. The fourth-order valence-corrected chi connectivity index (χ4v) is 2.25. The van der Waals surface area contributed by atoms with Crippen molar-refractivity contribution in [3.05, 3.63) is 53.6 Å². The second kappa shape index (κ2) is 9.05. The summed E-state index contributed by atoms with van der Waals surface area (Å²) in [5, 5.41) is 11.8. The SMILES string of the molecule is CCOc1cc(C#N)ccc1OCC(=O)c1ccc(NC(=O)C(C)(C)C)cc1. The lowest BCUT2D eigenvalue weighted by Crippen LogP contribution is -2.27. The average Bonchev–Trinajstić information content (AvgIpc) is 2.66. The van der Waals surface area contributed by atoms with Gasteiger partial charge in [0.05, 0.1) is 18.2 Å². The molecule has 0 radical (unpaired) electrons. The van der Waals surface area contributed by atoms with Gasteiger partial charge in [0.2, 0.25) is 5.91 Å². The number of amides is 1. The number of nitrogens with one attached hydrogen (secondary N) is 1. The molecule has 0 bridgehead atoms. The third-order valence-corrected chi connectivity index (χ3v) is 3.88. The van der Waals surface area contributed by atoms with Gasteiger partial charge in [-0.3, -0.25) is 9.59 Å². The first kappa shape index (κ1) is 21.0. The zero-order chi connectivity index (χ0) is 20.7. The monoisotopic (exact) mass is 380 g/mol. The summed E-state index contributed by atoms with van der Waals surface area (Å²) in [4.78, 5) is 24.4. The number of ketones is 1. The normalized spacial score (nSPS) is 10.7. The van der Waals surface area contributed by atoms with Crippen LogP contribution in [0, 0.1) is 16.7 Å². The van der Waals surface area contributed by atoms with Crippen LogP contribution in [-0.4, -0.2) is 24.9 Å². The molecule has 1 amide bonds. The molecule has 1 N–H and O–H groups in total. The van der Waals surface area contributed by atoms with E-state index in [0.717, 1.165) is 0 Å². The number of Topliss-reactive ketones (excluding diaryl/α,β-unsaturated/α-hetero) is 1. The molecule has 0 unspecified atom stereocenters. The van der Waals surface area contributed by atoms with Crippen LogP contribution in [0.3, 0.4) is 0 Å². The molecular weight excluding hydrogens is 356 g/mol. The van der Waals surface area contributed by atoms with Crippen LogP contribution in [0.25, 0.3) is 0 Å². The summed E-state index contributed by atoms with van der Waals surface area (Å²) >= 11 is 0. The van der Waals surface area contributed by atoms with E-state index in [9.17, 15) is 9.59 Å². The Hall–Kier alpha value is -3.33. The third-order valence-electron chi connectivity index (χ3n) is 3.88. The molecule has 0 atom stereocenters. The van der Waals surface area contributed by atoms with E-state index in [2.05, 4.69) is 5.32 Å². The molecule has 28 heavy (non-hydrogen) atoms. The van der Waals surface area contributed by atoms with Gasteiger partial charge in [0.25, 0.3) is 0 Å². The van der Waals surface area contributed by atoms with Crippen LogP contribution in [0.4, 0.5) is 5.69 Å². The zero-order valence-corrected chi connectivity index (χ0v) is 16.5. The fourth-order valence-electron chi connectivity index (χ4n) is 2.25. The van der Waals surface area contributed by atoms with Gasteiger partial charge in [0.15, 0.2) is 23.9 Å². The number of hydrogen-bond donors (Lipinski definition) is 1. The standard InChI is InChI=1S/C22H24N2O4/c1-5-27-20-12-15(13-23)6-11-19(20)28-14-18(25)16-7-9-17(10-8-16)24-21(26)22(2,3)4/h6-12H,5,14H2,1-4H3,(H,24,26). The molecule has 0 heterocycles. The molecule has 2 rings (SSSR count). The third kappa shape index (κ3) is 5.58. The van der Waals surface area contributed by atoms with Gasteiger partial charge in [-0.05, 0) is 43.3 Å². The first-order valence-electron chi connectivity index (χ1n) is 8.99. The van der Waals surface area contributed by atoms with Gasteiger partial charge in [0.1, 0.15) is 0 Å². The Kier molecular flexibility index (Phi) is 6.78. The number of nitriles is 1. The highest BCUT2D eigenvalue weighted by Crippen LogP contribution is 2.28. The van der Waals surface area contributed by atoms with Crippen LogP contribution in [0.5, 0.6) is 11.5 Å². The van der Waals surface area contributed by atoms with E-state index in [4.69, 9.17) is 14.7 Å². The number of benzene rings is 2. The van der Waals surface area contributed by atoms with Gasteiger partial charge in [-0.1, -0.05) is 20.8 Å². The Bertz CT molecular complexity index is 890. The van der Waals surface area contributed by atoms with E-state index >= 15 is 0 Å². The van der Waals surface area contributed by atoms with Crippen LogP contribution >= 0.6 is 0 Å². The van der Waals surface area contributed by atoms with Crippen LogP contribution < -0.4 is 14.8 Å². The first-order chi connectivity index (χ1) is 13.2. The highest BCUT2D eigenvalue weighted by atomic mass is 16.5. The van der Waals surface area contributed by atoms with Gasteiger partial charge in [0, 0.05) is 22.7 Å². The Morgan fingerprint density at radius 3 is 2.29 bits per heavy atom. The van der Waals surface area contributed by atoms with Gasteiger partial charge < -0.3 is 14.8 Å². The molecule has 2 aromatic rings. The van der Waals surface area contributed by atoms with Gasteiger partial charge in [-0.25, -0.2) is 0 Å². The lowest BCUT2D eigenvalue weighted by Gasteiger charge is -2.17. The summed E-state index contributed by atoms with van der Waals surface area (Å²) in [7, 11) is 0. The van der Waals surface area contributed by atoms with Crippen molar-refractivity contribution < 1.29 is 19.1 Å². The summed E-state index contributed by atoms with van der Waals surface area (Å²) in [6, 6.07) is 13.5. The van der Waals surface area contributed by atoms with Crippen LogP contribution in [0.15, 0.2) is 42.5 Å². The van der Waals surface area contributed by atoms with Crippen LogP contribution in [0.1, 0.15) is 43.6 Å². The van der Waals surface area contributed by atoms with Crippen molar-refractivity contribution >= 4 is 17.4 Å². The van der Waals surface area contributed by atoms with E-state index < -0.39 is 5.41 Å². The van der Waals surface area contributed by atoms with Crippen molar-refractivity contribution in [1.29, 1.82) is 5.26 Å². The number of ether oxygens (including phenoxy) is 2. The average molecular weight is 380 g/mol. The maximum Gasteiger partial charge on any atom is 0.229 e. The van der Waals surface area contributed by atoms with Gasteiger partial charge in [-0.2, -0.15) is 5.26 Å². The number of hydrogen-bond acceptors (Lipinski definition) is 5. The molecule has 0 aromatic heterocycles. The molecule has 146 valence electrons. The highest BCUT2D eigenvalue weighted by Gasteiger charge is 2.21. The fraction of sp³-hybridized carbons (Fsp3) is 0.318. The summed E-state index contributed by atoms with van der Waals surface area (Å²) < 4.78 is 11.1. The van der Waals surface area contributed by atoms with E-state index in [1.807, 2.05) is 33.8 Å². The number of carbonyl (C=O) groups excluding carboxylic acids is 2. The van der Waals surface area contributed by atoms with Crippen LogP contribution in [0.2, 0.25) is 0 Å². The maximum atomic E-state index is 12.4. The Morgan fingerprint density at radius 2 is 1.71 bits per heavy atom. The molecule has 0 spiro atoms. The molecule has 2 aromatic carbocycles. The lowest BCUT2D eigenvalue weighted by molar-refractivity contribution is -0.123. The molecule has 6 heteroatoms. The van der Waals surface area contributed by atoms with Crippen molar-refractivity contribution in [3.63, 3.8) is 0 Å². The molecule has 6 nitrogen and oxygen atoms in total. The molecule has 0 aliphatic rings. The molecular formula is C22H24N2O4. The smallest absolute Gasteiger partial charge is 0.229 e. The quantitative estimate of drug-likeness (QED) is 0.727. The van der Waals surface area contributed by atoms with E-state index in [-0.39, 0.29) is 18.3 Å². The second-order valence-corrected chi connectivity index (χ2v) is 7.20. The molecule has 0 aliphatic carbocycles. The summed E-state index contributed by atoms with van der Waals surface area (Å²) in [6.07, 6.45) is 0. The maximum absolute atomic E-state index is 12.4. The van der Waals surface area contributed by atoms with Gasteiger partial charge in [-0.15, -0.1) is 0 Å². The van der Waals surface area contributed by atoms with Crippen molar-refractivity contribution in [1.82, 2.24) is 0 Å². The van der Waals surface area contributed by atoms with Crippen LogP contribution in [-0.2, 0) is 4.79 Å². The van der Waals surface area contributed by atoms with E-state index in [0.29, 0.717) is 34.9 Å². The first-order valence-corrected chi connectivity index (χ1v) is 8.99. The summed E-state index contributed by atoms with van der Waals surface area (Å²) in [5.41, 5.74) is 1.06. The largest absolute Gasteiger partial charge is 0.490 e. The predicted octanol–water partition coefficient (Wildman–Crippen LogP) is 4.20. The minimum absolute atomic E-state index is 0.0980. The number of carbonyl (C=O) groups is 2. The number of rotatable bonds is 7. The van der Waals surface area contributed by atoms with Crippen molar-refractivity contribution in [2.24, 2.45) is 5.41 Å². The van der Waals surface area contributed by atoms with Crippen molar-refractivity contribution in [2.75, 3.05) is 18.5 Å². The summed E-state index contributed by atoms with van der Waals surface area (Å²) in [6.45, 7) is 7.57.